The topological polar surface area (TPSA) is 28.4 Å². The van der Waals surface area contributed by atoms with E-state index < -0.39 is 0 Å². The molecule has 3 nitrogen and oxygen atoms in total. The molecular weight excluding hydrogens is 244 g/mol. The summed E-state index contributed by atoms with van der Waals surface area (Å²) in [6.45, 7) is 10.8. The Kier molecular flexibility index (Phi) is 5.15. The van der Waals surface area contributed by atoms with Gasteiger partial charge in [-0.2, -0.15) is 11.8 Å². The van der Waals surface area contributed by atoms with Gasteiger partial charge in [0, 0.05) is 35.7 Å². The van der Waals surface area contributed by atoms with Crippen molar-refractivity contribution in [3.8, 4) is 0 Å². The number of hydrogen-bond donors (Lipinski definition) is 1. The van der Waals surface area contributed by atoms with Gasteiger partial charge in [0.2, 0.25) is 0 Å². The number of hydrogen-bond acceptors (Lipinski definition) is 4. The molecule has 102 valence electrons. The summed E-state index contributed by atoms with van der Waals surface area (Å²) in [6.07, 6.45) is 1.81. The first-order valence-electron chi connectivity index (χ1n) is 6.84. The molecule has 2 unspecified atom stereocenters. The van der Waals surface area contributed by atoms with Gasteiger partial charge in [0.1, 0.15) is 5.76 Å². The molecule has 1 saturated heterocycles. The lowest BCUT2D eigenvalue weighted by atomic mass is 10.1. The highest BCUT2D eigenvalue weighted by Gasteiger charge is 2.26. The van der Waals surface area contributed by atoms with Gasteiger partial charge in [0.05, 0.1) is 12.8 Å². The zero-order valence-corrected chi connectivity index (χ0v) is 12.4. The average molecular weight is 268 g/mol. The third-order valence-electron chi connectivity index (χ3n) is 3.76. The van der Waals surface area contributed by atoms with Crippen molar-refractivity contribution in [2.45, 2.75) is 45.2 Å². The summed E-state index contributed by atoms with van der Waals surface area (Å²) < 4.78 is 5.66. The highest BCUT2D eigenvalue weighted by Crippen LogP contribution is 2.26. The van der Waals surface area contributed by atoms with Gasteiger partial charge in [-0.25, -0.2) is 0 Å². The van der Waals surface area contributed by atoms with Gasteiger partial charge in [0.25, 0.3) is 0 Å². The van der Waals surface area contributed by atoms with E-state index in [0.29, 0.717) is 11.3 Å². The number of thioether (sulfide) groups is 1. The second-order valence-corrected chi connectivity index (χ2v) is 6.42. The summed E-state index contributed by atoms with van der Waals surface area (Å²) >= 11 is 2.08. The lowest BCUT2D eigenvalue weighted by Crippen LogP contribution is -2.44. The molecule has 0 saturated carbocycles. The summed E-state index contributed by atoms with van der Waals surface area (Å²) in [6, 6.07) is 2.71. The Labute approximate surface area is 114 Å². The molecule has 0 amide bonds. The first-order chi connectivity index (χ1) is 8.72. The monoisotopic (exact) mass is 268 g/mol. The fourth-order valence-corrected chi connectivity index (χ4v) is 3.49. The Morgan fingerprint density at radius 1 is 1.50 bits per heavy atom. The summed E-state index contributed by atoms with van der Waals surface area (Å²) in [5.41, 5.74) is 1.30. The van der Waals surface area contributed by atoms with Crippen molar-refractivity contribution in [2.24, 2.45) is 0 Å². The number of furan rings is 1. The maximum atomic E-state index is 5.66. The predicted octanol–water partition coefficient (Wildman–Crippen LogP) is 2.71. The highest BCUT2D eigenvalue weighted by atomic mass is 32.2. The van der Waals surface area contributed by atoms with Crippen LogP contribution in [0.2, 0.25) is 0 Å². The van der Waals surface area contributed by atoms with Gasteiger partial charge in [-0.05, 0) is 19.5 Å². The summed E-state index contributed by atoms with van der Waals surface area (Å²) in [4.78, 5) is 2.54. The van der Waals surface area contributed by atoms with Crippen LogP contribution in [0.3, 0.4) is 0 Å². The van der Waals surface area contributed by atoms with Crippen LogP contribution in [0.1, 0.15) is 32.1 Å². The predicted molar refractivity (Wildman–Crippen MR) is 77.9 cm³/mol. The average Bonchev–Trinajstić information content (AvgIpc) is 2.80. The van der Waals surface area contributed by atoms with Gasteiger partial charge >= 0.3 is 0 Å². The van der Waals surface area contributed by atoms with E-state index in [4.69, 9.17) is 4.42 Å². The Bertz CT molecular complexity index is 366. The molecule has 0 aliphatic carbocycles. The van der Waals surface area contributed by atoms with E-state index in [1.807, 2.05) is 6.26 Å². The lowest BCUT2D eigenvalue weighted by Gasteiger charge is -2.37. The Morgan fingerprint density at radius 2 is 2.33 bits per heavy atom. The molecule has 18 heavy (non-hydrogen) atoms. The van der Waals surface area contributed by atoms with E-state index in [1.54, 1.807) is 0 Å². The third-order valence-corrected chi connectivity index (χ3v) is 5.10. The Morgan fingerprint density at radius 3 is 3.11 bits per heavy atom. The number of nitrogens with one attached hydrogen (secondary N) is 1. The molecule has 2 atom stereocenters. The molecule has 0 aromatic carbocycles. The van der Waals surface area contributed by atoms with Crippen LogP contribution in [-0.2, 0) is 13.1 Å². The van der Waals surface area contributed by atoms with Crippen LogP contribution in [0.4, 0.5) is 0 Å². The summed E-state index contributed by atoms with van der Waals surface area (Å²) in [5, 5.41) is 4.08. The molecule has 1 aromatic heterocycles. The molecule has 2 rings (SSSR count). The van der Waals surface area contributed by atoms with Crippen molar-refractivity contribution in [1.29, 1.82) is 0 Å². The first-order valence-corrected chi connectivity index (χ1v) is 7.88. The molecule has 1 N–H and O–H groups in total. The third kappa shape index (κ3) is 3.31. The minimum absolute atomic E-state index is 0.626. The minimum Gasteiger partial charge on any atom is -0.468 e. The molecule has 2 heterocycles. The van der Waals surface area contributed by atoms with Crippen molar-refractivity contribution in [3.05, 3.63) is 23.7 Å². The summed E-state index contributed by atoms with van der Waals surface area (Å²) in [7, 11) is 0. The van der Waals surface area contributed by atoms with Crippen LogP contribution in [0.15, 0.2) is 16.7 Å². The van der Waals surface area contributed by atoms with E-state index in [2.05, 4.69) is 48.8 Å². The van der Waals surface area contributed by atoms with Crippen molar-refractivity contribution in [3.63, 3.8) is 0 Å². The van der Waals surface area contributed by atoms with E-state index in [9.17, 15) is 0 Å². The van der Waals surface area contributed by atoms with E-state index >= 15 is 0 Å². The van der Waals surface area contributed by atoms with Gasteiger partial charge in [0.15, 0.2) is 0 Å². The molecule has 0 bridgehead atoms. The molecule has 1 aliphatic heterocycles. The van der Waals surface area contributed by atoms with Crippen molar-refractivity contribution < 1.29 is 4.42 Å². The fraction of sp³-hybridized carbons (Fsp3) is 0.714. The SMILES string of the molecule is CCNCc1ccoc1CN1CCSC(C)C1C. The zero-order chi connectivity index (χ0) is 13.0. The maximum Gasteiger partial charge on any atom is 0.122 e. The van der Waals surface area contributed by atoms with E-state index in [1.165, 1.54) is 11.3 Å². The van der Waals surface area contributed by atoms with Crippen LogP contribution >= 0.6 is 11.8 Å². The smallest absolute Gasteiger partial charge is 0.122 e. The minimum atomic E-state index is 0.626. The number of nitrogens with zero attached hydrogens (tertiary/aromatic N) is 1. The normalized spacial score (nSPS) is 25.5. The first kappa shape index (κ1) is 14.0. The largest absolute Gasteiger partial charge is 0.468 e. The van der Waals surface area contributed by atoms with E-state index in [-0.39, 0.29) is 0 Å². The van der Waals surface area contributed by atoms with Crippen LogP contribution in [0.5, 0.6) is 0 Å². The molecule has 4 heteroatoms. The maximum absolute atomic E-state index is 5.66. The Hall–Kier alpha value is -0.450. The zero-order valence-electron chi connectivity index (χ0n) is 11.6. The highest BCUT2D eigenvalue weighted by molar-refractivity contribution is 8.00. The van der Waals surface area contributed by atoms with Crippen LogP contribution in [-0.4, -0.2) is 35.0 Å². The van der Waals surface area contributed by atoms with Crippen LogP contribution in [0, 0.1) is 0 Å². The van der Waals surface area contributed by atoms with Gasteiger partial charge in [-0.1, -0.05) is 13.8 Å². The number of rotatable bonds is 5. The second-order valence-electron chi connectivity index (χ2n) is 4.94. The van der Waals surface area contributed by atoms with Crippen molar-refractivity contribution >= 4 is 11.8 Å². The van der Waals surface area contributed by atoms with Crippen molar-refractivity contribution in [2.75, 3.05) is 18.8 Å². The quantitative estimate of drug-likeness (QED) is 0.889. The molecule has 1 aromatic rings. The van der Waals surface area contributed by atoms with Gasteiger partial charge in [-0.3, -0.25) is 4.90 Å². The van der Waals surface area contributed by atoms with Crippen LogP contribution < -0.4 is 5.32 Å². The van der Waals surface area contributed by atoms with Crippen LogP contribution in [0.25, 0.3) is 0 Å². The Balaban J connectivity index is 1.97. The molecular formula is C14H24N2OS. The van der Waals surface area contributed by atoms with E-state index in [0.717, 1.165) is 31.9 Å². The lowest BCUT2D eigenvalue weighted by molar-refractivity contribution is 0.188. The molecule has 0 radical (unpaired) electrons. The standard InChI is InChI=1S/C14H24N2OS/c1-4-15-9-13-5-7-17-14(13)10-16-6-8-18-12(3)11(16)2/h5,7,11-12,15H,4,6,8-10H2,1-3H3. The van der Waals surface area contributed by atoms with Crippen molar-refractivity contribution in [1.82, 2.24) is 10.2 Å². The summed E-state index contributed by atoms with van der Waals surface area (Å²) in [5.74, 6) is 2.36. The fourth-order valence-electron chi connectivity index (χ4n) is 2.33. The van der Waals surface area contributed by atoms with Gasteiger partial charge in [-0.15, -0.1) is 0 Å². The molecule has 0 spiro atoms. The van der Waals surface area contributed by atoms with Gasteiger partial charge < -0.3 is 9.73 Å². The second kappa shape index (κ2) is 6.64. The molecule has 1 fully saturated rings. The molecule has 1 aliphatic rings.